The number of halogens is 1. The summed E-state index contributed by atoms with van der Waals surface area (Å²) in [6.07, 6.45) is 5.60. The lowest BCUT2D eigenvalue weighted by Crippen LogP contribution is -2.48. The van der Waals surface area contributed by atoms with Crippen molar-refractivity contribution in [2.24, 2.45) is 11.8 Å². The molecule has 3 aliphatic rings. The first-order valence-corrected chi connectivity index (χ1v) is 7.93. The van der Waals surface area contributed by atoms with E-state index in [2.05, 4.69) is 4.90 Å². The summed E-state index contributed by atoms with van der Waals surface area (Å²) in [6, 6.07) is 6.75. The van der Waals surface area contributed by atoms with Crippen molar-refractivity contribution in [2.45, 2.75) is 44.2 Å². The second kappa shape index (κ2) is 5.00. The molecule has 1 aromatic carbocycles. The molecule has 0 N–H and O–H groups in total. The van der Waals surface area contributed by atoms with Crippen molar-refractivity contribution in [3.05, 3.63) is 30.1 Å². The highest BCUT2D eigenvalue weighted by atomic mass is 19.1. The molecule has 1 saturated heterocycles. The number of carbonyl (C=O) groups excluding carboxylic acids is 1. The maximum Gasteiger partial charge on any atom is 0.226 e. The molecule has 1 heterocycles. The van der Waals surface area contributed by atoms with Gasteiger partial charge in [-0.05, 0) is 62.3 Å². The topological polar surface area (TPSA) is 29.5 Å². The molecule has 0 spiro atoms. The van der Waals surface area contributed by atoms with E-state index in [0.29, 0.717) is 30.2 Å². The van der Waals surface area contributed by atoms with Gasteiger partial charge in [0.05, 0.1) is 6.04 Å². The number of likely N-dealkylation sites (tertiary alicyclic amines) is 1. The summed E-state index contributed by atoms with van der Waals surface area (Å²) in [5.74, 6) is 1.62. The molecule has 2 aliphatic carbocycles. The van der Waals surface area contributed by atoms with E-state index in [9.17, 15) is 9.18 Å². The van der Waals surface area contributed by atoms with Crippen LogP contribution in [0.4, 0.5) is 4.39 Å². The third-order valence-electron chi connectivity index (χ3n) is 5.16. The summed E-state index contributed by atoms with van der Waals surface area (Å²) in [5, 5.41) is 0. The Kier molecular flexibility index (Phi) is 3.12. The number of nitrogens with zero attached hydrogens (tertiary/aromatic N) is 1. The molecule has 3 atom stereocenters. The quantitative estimate of drug-likeness (QED) is 0.853. The van der Waals surface area contributed by atoms with Crippen molar-refractivity contribution in [2.75, 3.05) is 6.61 Å². The standard InChI is InChI=1S/C17H20FNO2/c18-13-4-7-15(8-5-13)21-10-16-12-3-6-14(9-12)19(16)17(20)11-1-2-11/h4-5,7-8,11-12,14,16H,1-3,6,9-10H2/t12-,14+,16-/m1/s1. The van der Waals surface area contributed by atoms with Crippen LogP contribution in [0.3, 0.4) is 0 Å². The zero-order valence-corrected chi connectivity index (χ0v) is 12.0. The number of hydrogen-bond acceptors (Lipinski definition) is 2. The maximum atomic E-state index is 12.9. The van der Waals surface area contributed by atoms with Crippen molar-refractivity contribution in [1.29, 1.82) is 0 Å². The average molecular weight is 289 g/mol. The van der Waals surface area contributed by atoms with Gasteiger partial charge in [-0.3, -0.25) is 4.79 Å². The number of amides is 1. The fourth-order valence-electron chi connectivity index (χ4n) is 3.90. The molecular formula is C17H20FNO2. The first kappa shape index (κ1) is 13.1. The van der Waals surface area contributed by atoms with E-state index in [4.69, 9.17) is 4.74 Å². The predicted molar refractivity (Wildman–Crippen MR) is 76.4 cm³/mol. The Bertz CT molecular complexity index is 540. The van der Waals surface area contributed by atoms with Crippen LogP contribution in [0.25, 0.3) is 0 Å². The predicted octanol–water partition coefficient (Wildman–Crippen LogP) is 2.99. The van der Waals surface area contributed by atoms with Gasteiger partial charge in [0.15, 0.2) is 0 Å². The Balaban J connectivity index is 1.44. The molecule has 2 saturated carbocycles. The zero-order chi connectivity index (χ0) is 14.4. The lowest BCUT2D eigenvalue weighted by Gasteiger charge is -2.35. The highest BCUT2D eigenvalue weighted by molar-refractivity contribution is 5.82. The van der Waals surface area contributed by atoms with Crippen molar-refractivity contribution in [3.8, 4) is 5.75 Å². The third-order valence-corrected chi connectivity index (χ3v) is 5.16. The van der Waals surface area contributed by atoms with Gasteiger partial charge in [0.1, 0.15) is 18.2 Å². The van der Waals surface area contributed by atoms with E-state index in [1.54, 1.807) is 12.1 Å². The molecule has 0 unspecified atom stereocenters. The van der Waals surface area contributed by atoms with E-state index < -0.39 is 0 Å². The van der Waals surface area contributed by atoms with Gasteiger partial charge in [0.2, 0.25) is 5.91 Å². The molecule has 0 radical (unpaired) electrons. The second-order valence-electron chi connectivity index (χ2n) is 6.58. The lowest BCUT2D eigenvalue weighted by molar-refractivity contribution is -0.137. The average Bonchev–Trinajstić information content (AvgIpc) is 3.16. The van der Waals surface area contributed by atoms with Crippen LogP contribution in [0.1, 0.15) is 32.1 Å². The monoisotopic (exact) mass is 289 g/mol. The molecular weight excluding hydrogens is 269 g/mol. The van der Waals surface area contributed by atoms with Crippen LogP contribution >= 0.6 is 0 Å². The SMILES string of the molecule is O=C(C1CC1)N1[C@H]2CC[C@H](C2)[C@H]1COc1ccc(F)cc1. The number of ether oxygens (including phenoxy) is 1. The molecule has 3 fully saturated rings. The minimum atomic E-state index is -0.257. The van der Waals surface area contributed by atoms with Crippen LogP contribution in [-0.4, -0.2) is 29.5 Å². The largest absolute Gasteiger partial charge is 0.491 e. The lowest BCUT2D eigenvalue weighted by atomic mass is 9.99. The van der Waals surface area contributed by atoms with Crippen LogP contribution in [-0.2, 0) is 4.79 Å². The first-order valence-electron chi connectivity index (χ1n) is 7.93. The molecule has 1 aliphatic heterocycles. The molecule has 1 amide bonds. The van der Waals surface area contributed by atoms with Gasteiger partial charge in [0.25, 0.3) is 0 Å². The molecule has 4 heteroatoms. The van der Waals surface area contributed by atoms with Crippen LogP contribution in [0, 0.1) is 17.7 Å². The van der Waals surface area contributed by atoms with Crippen LogP contribution in [0.15, 0.2) is 24.3 Å². The van der Waals surface area contributed by atoms with Crippen molar-refractivity contribution >= 4 is 5.91 Å². The molecule has 112 valence electrons. The number of carbonyl (C=O) groups is 1. The first-order chi connectivity index (χ1) is 10.2. The third kappa shape index (κ3) is 2.41. The van der Waals surface area contributed by atoms with Crippen molar-refractivity contribution in [3.63, 3.8) is 0 Å². The van der Waals surface area contributed by atoms with Gasteiger partial charge >= 0.3 is 0 Å². The van der Waals surface area contributed by atoms with Gasteiger partial charge in [-0.2, -0.15) is 0 Å². The van der Waals surface area contributed by atoms with E-state index in [-0.39, 0.29) is 17.8 Å². The summed E-state index contributed by atoms with van der Waals surface area (Å²) < 4.78 is 18.7. The summed E-state index contributed by atoms with van der Waals surface area (Å²) in [6.45, 7) is 0.533. The summed E-state index contributed by atoms with van der Waals surface area (Å²) in [5.41, 5.74) is 0. The van der Waals surface area contributed by atoms with E-state index in [1.165, 1.54) is 18.6 Å². The van der Waals surface area contributed by atoms with Crippen molar-refractivity contribution < 1.29 is 13.9 Å². The molecule has 1 aromatic rings. The number of fused-ring (bicyclic) bond motifs is 2. The summed E-state index contributed by atoms with van der Waals surface area (Å²) in [7, 11) is 0. The highest BCUT2D eigenvalue weighted by Gasteiger charge is 2.50. The minimum Gasteiger partial charge on any atom is -0.491 e. The molecule has 21 heavy (non-hydrogen) atoms. The van der Waals surface area contributed by atoms with E-state index >= 15 is 0 Å². The second-order valence-corrected chi connectivity index (χ2v) is 6.58. The Labute approximate surface area is 124 Å². The smallest absolute Gasteiger partial charge is 0.226 e. The van der Waals surface area contributed by atoms with Gasteiger partial charge in [-0.25, -0.2) is 4.39 Å². The fraction of sp³-hybridized carbons (Fsp3) is 0.588. The Morgan fingerprint density at radius 1 is 1.19 bits per heavy atom. The number of rotatable bonds is 4. The van der Waals surface area contributed by atoms with Gasteiger partial charge in [0, 0.05) is 12.0 Å². The fourth-order valence-corrected chi connectivity index (χ4v) is 3.90. The van der Waals surface area contributed by atoms with Crippen molar-refractivity contribution in [1.82, 2.24) is 4.90 Å². The Hall–Kier alpha value is -1.58. The van der Waals surface area contributed by atoms with Crippen LogP contribution < -0.4 is 4.74 Å². The molecule has 0 aromatic heterocycles. The van der Waals surface area contributed by atoms with Gasteiger partial charge < -0.3 is 9.64 Å². The Morgan fingerprint density at radius 2 is 1.95 bits per heavy atom. The summed E-state index contributed by atoms with van der Waals surface area (Å²) >= 11 is 0. The molecule has 4 rings (SSSR count). The summed E-state index contributed by atoms with van der Waals surface area (Å²) in [4.78, 5) is 14.6. The highest BCUT2D eigenvalue weighted by Crippen LogP contribution is 2.45. The molecule has 2 bridgehead atoms. The van der Waals surface area contributed by atoms with E-state index in [1.807, 2.05) is 0 Å². The van der Waals surface area contributed by atoms with Gasteiger partial charge in [-0.1, -0.05) is 0 Å². The minimum absolute atomic E-state index is 0.210. The van der Waals surface area contributed by atoms with Crippen LogP contribution in [0.2, 0.25) is 0 Å². The van der Waals surface area contributed by atoms with Crippen LogP contribution in [0.5, 0.6) is 5.75 Å². The number of benzene rings is 1. The Morgan fingerprint density at radius 3 is 2.67 bits per heavy atom. The zero-order valence-electron chi connectivity index (χ0n) is 12.0. The molecule has 3 nitrogen and oxygen atoms in total. The number of hydrogen-bond donors (Lipinski definition) is 0. The normalized spacial score (nSPS) is 30.7. The maximum absolute atomic E-state index is 12.9. The van der Waals surface area contributed by atoms with E-state index in [0.717, 1.165) is 25.7 Å². The van der Waals surface area contributed by atoms with Gasteiger partial charge in [-0.15, -0.1) is 0 Å². The number of piperidine rings is 1.